The molecule has 1 aromatic heterocycles. The summed E-state index contributed by atoms with van der Waals surface area (Å²) in [6, 6.07) is 8.39. The van der Waals surface area contributed by atoms with Crippen LogP contribution in [0.4, 0.5) is 0 Å². The molecule has 1 aromatic carbocycles. The van der Waals surface area contributed by atoms with Gasteiger partial charge in [-0.1, -0.05) is 19.4 Å². The maximum Gasteiger partial charge on any atom is 0.268 e. The molecule has 0 aliphatic heterocycles. The van der Waals surface area contributed by atoms with Crippen LogP contribution in [-0.4, -0.2) is 16.4 Å². The van der Waals surface area contributed by atoms with Crippen LogP contribution in [0.3, 0.4) is 0 Å². The molecule has 1 aliphatic carbocycles. The number of hydrogen-bond donors (Lipinski definition) is 2. The smallest absolute Gasteiger partial charge is 0.268 e. The van der Waals surface area contributed by atoms with Crippen molar-refractivity contribution in [3.05, 3.63) is 35.0 Å². The Kier molecular flexibility index (Phi) is 3.89. The minimum Gasteiger partial charge on any atom is -0.351 e. The van der Waals surface area contributed by atoms with E-state index in [1.807, 2.05) is 26.0 Å². The lowest BCUT2D eigenvalue weighted by Crippen LogP contribution is -2.50. The average molecular weight is 309 g/mol. The zero-order valence-electron chi connectivity index (χ0n) is 14.0. The molecule has 0 radical (unpaired) electrons. The van der Waals surface area contributed by atoms with Crippen molar-refractivity contribution in [1.29, 1.82) is 5.26 Å². The van der Waals surface area contributed by atoms with Gasteiger partial charge in [-0.15, -0.1) is 0 Å². The van der Waals surface area contributed by atoms with Crippen LogP contribution in [0.2, 0.25) is 0 Å². The summed E-state index contributed by atoms with van der Waals surface area (Å²) in [5.74, 6) is 0.283. The molecule has 1 fully saturated rings. The fraction of sp³-hybridized carbons (Fsp3) is 0.474. The lowest BCUT2D eigenvalue weighted by atomic mass is 9.77. The Hall–Kier alpha value is -2.28. The first kappa shape index (κ1) is 15.6. The van der Waals surface area contributed by atoms with Crippen LogP contribution in [0, 0.1) is 31.1 Å². The van der Waals surface area contributed by atoms with Crippen LogP contribution in [0.15, 0.2) is 18.2 Å². The van der Waals surface area contributed by atoms with Crippen LogP contribution < -0.4 is 5.32 Å². The first-order valence-corrected chi connectivity index (χ1v) is 8.26. The highest BCUT2D eigenvalue weighted by atomic mass is 16.2. The van der Waals surface area contributed by atoms with Gasteiger partial charge < -0.3 is 10.3 Å². The number of nitrogens with one attached hydrogen (secondary N) is 2. The number of benzene rings is 1. The zero-order chi connectivity index (χ0) is 16.6. The Morgan fingerprint density at radius 3 is 2.87 bits per heavy atom. The van der Waals surface area contributed by atoms with Crippen LogP contribution in [0.5, 0.6) is 0 Å². The normalized spacial score (nSPS) is 24.3. The van der Waals surface area contributed by atoms with Gasteiger partial charge in [0.25, 0.3) is 5.91 Å². The van der Waals surface area contributed by atoms with E-state index in [1.165, 1.54) is 5.56 Å². The Balaban J connectivity index is 1.88. The summed E-state index contributed by atoms with van der Waals surface area (Å²) in [6.07, 6.45) is 3.58. The van der Waals surface area contributed by atoms with Crippen LogP contribution >= 0.6 is 0 Å². The third kappa shape index (κ3) is 2.96. The van der Waals surface area contributed by atoms with Crippen molar-refractivity contribution in [2.75, 3.05) is 0 Å². The molecule has 0 bridgehead atoms. The van der Waals surface area contributed by atoms with Gasteiger partial charge in [0.15, 0.2) is 0 Å². The molecule has 4 heteroatoms. The molecule has 1 saturated carbocycles. The van der Waals surface area contributed by atoms with Gasteiger partial charge >= 0.3 is 0 Å². The van der Waals surface area contributed by atoms with Crippen LogP contribution in [0.1, 0.15) is 54.2 Å². The number of nitriles is 1. The van der Waals surface area contributed by atoms with E-state index in [9.17, 15) is 10.1 Å². The molecule has 3 rings (SSSR count). The van der Waals surface area contributed by atoms with E-state index >= 15 is 0 Å². The predicted octanol–water partition coefficient (Wildman–Crippen LogP) is 3.99. The monoisotopic (exact) mass is 309 g/mol. The van der Waals surface area contributed by atoms with E-state index < -0.39 is 5.54 Å². The van der Waals surface area contributed by atoms with Gasteiger partial charge in [-0.3, -0.25) is 4.79 Å². The van der Waals surface area contributed by atoms with Crippen molar-refractivity contribution in [1.82, 2.24) is 10.3 Å². The number of aromatic nitrogens is 1. The molecule has 4 nitrogen and oxygen atoms in total. The van der Waals surface area contributed by atoms with E-state index in [4.69, 9.17) is 0 Å². The Labute approximate surface area is 136 Å². The highest BCUT2D eigenvalue weighted by Crippen LogP contribution is 2.32. The highest BCUT2D eigenvalue weighted by molar-refractivity contribution is 5.99. The number of hydrogen-bond acceptors (Lipinski definition) is 2. The van der Waals surface area contributed by atoms with Gasteiger partial charge in [0.2, 0.25) is 0 Å². The second kappa shape index (κ2) is 5.73. The number of rotatable bonds is 2. The molecule has 1 heterocycles. The quantitative estimate of drug-likeness (QED) is 0.880. The first-order chi connectivity index (χ1) is 10.9. The van der Waals surface area contributed by atoms with Crippen molar-refractivity contribution in [3.8, 4) is 6.07 Å². The van der Waals surface area contributed by atoms with Crippen molar-refractivity contribution in [2.45, 2.75) is 52.0 Å². The third-order valence-electron chi connectivity index (χ3n) is 4.90. The first-order valence-electron chi connectivity index (χ1n) is 8.26. The van der Waals surface area contributed by atoms with E-state index in [-0.39, 0.29) is 5.91 Å². The third-order valence-corrected chi connectivity index (χ3v) is 4.90. The van der Waals surface area contributed by atoms with Gasteiger partial charge in [0.05, 0.1) is 6.07 Å². The molecule has 120 valence electrons. The molecule has 2 aromatic rings. The number of aromatic amines is 1. The molecule has 1 amide bonds. The van der Waals surface area contributed by atoms with Crippen molar-refractivity contribution < 1.29 is 4.79 Å². The van der Waals surface area contributed by atoms with Crippen molar-refractivity contribution in [2.24, 2.45) is 5.92 Å². The van der Waals surface area contributed by atoms with Gasteiger partial charge in [-0.2, -0.15) is 5.26 Å². The fourth-order valence-electron chi connectivity index (χ4n) is 3.80. The SMILES string of the molecule is Cc1cc(C)c2cc(C(=O)N[C@@]3(C#N)CCC[C@@H](C)C3)[nH]c2c1. The van der Waals surface area contributed by atoms with Gasteiger partial charge in [0.1, 0.15) is 11.2 Å². The number of amides is 1. The number of nitrogens with zero attached hydrogens (tertiary/aromatic N) is 1. The topological polar surface area (TPSA) is 68.7 Å². The fourth-order valence-corrected chi connectivity index (χ4v) is 3.80. The molecule has 2 N–H and O–H groups in total. The highest BCUT2D eigenvalue weighted by Gasteiger charge is 2.36. The average Bonchev–Trinajstić information content (AvgIpc) is 2.91. The molecule has 0 saturated heterocycles. The summed E-state index contributed by atoms with van der Waals surface area (Å²) in [7, 11) is 0. The molecule has 2 atom stereocenters. The lowest BCUT2D eigenvalue weighted by Gasteiger charge is -2.34. The second-order valence-electron chi connectivity index (χ2n) is 7.08. The molecule has 1 aliphatic rings. The standard InChI is InChI=1S/C19H23N3O/c1-12-5-4-6-19(10-12,11-20)22-18(23)17-9-15-14(3)7-13(2)8-16(15)21-17/h7-9,12,21H,4-6,10H2,1-3H3,(H,22,23)/t12-,19+/m1/s1. The zero-order valence-corrected chi connectivity index (χ0v) is 14.0. The number of carbonyl (C=O) groups is 1. The number of aryl methyl sites for hydroxylation is 2. The predicted molar refractivity (Wildman–Crippen MR) is 91.2 cm³/mol. The summed E-state index contributed by atoms with van der Waals surface area (Å²) in [5.41, 5.74) is 3.09. The Bertz CT molecular complexity index is 799. The molecular formula is C19H23N3O. The Morgan fingerprint density at radius 1 is 1.39 bits per heavy atom. The molecule has 23 heavy (non-hydrogen) atoms. The van der Waals surface area contributed by atoms with Crippen molar-refractivity contribution in [3.63, 3.8) is 0 Å². The number of carbonyl (C=O) groups excluding carboxylic acids is 1. The molecular weight excluding hydrogens is 286 g/mol. The Morgan fingerprint density at radius 2 is 2.17 bits per heavy atom. The summed E-state index contributed by atoms with van der Waals surface area (Å²) in [5, 5.41) is 13.7. The van der Waals surface area contributed by atoms with E-state index in [0.29, 0.717) is 11.6 Å². The number of H-pyrrole nitrogens is 1. The van der Waals surface area contributed by atoms with E-state index in [1.54, 1.807) is 0 Å². The van der Waals surface area contributed by atoms with Crippen molar-refractivity contribution >= 4 is 16.8 Å². The maximum atomic E-state index is 12.7. The van der Waals surface area contributed by atoms with Gasteiger partial charge in [-0.05, 0) is 62.3 Å². The second-order valence-corrected chi connectivity index (χ2v) is 7.08. The van der Waals surface area contributed by atoms with E-state index in [2.05, 4.69) is 29.4 Å². The summed E-state index contributed by atoms with van der Waals surface area (Å²) in [6.45, 7) is 6.23. The van der Waals surface area contributed by atoms with Crippen LogP contribution in [0.25, 0.3) is 10.9 Å². The van der Waals surface area contributed by atoms with Crippen LogP contribution in [-0.2, 0) is 0 Å². The largest absolute Gasteiger partial charge is 0.351 e. The lowest BCUT2D eigenvalue weighted by molar-refractivity contribution is 0.0886. The van der Waals surface area contributed by atoms with Gasteiger partial charge in [-0.25, -0.2) is 0 Å². The van der Waals surface area contributed by atoms with Gasteiger partial charge in [0, 0.05) is 10.9 Å². The summed E-state index contributed by atoms with van der Waals surface area (Å²) < 4.78 is 0. The maximum absolute atomic E-state index is 12.7. The number of fused-ring (bicyclic) bond motifs is 1. The summed E-state index contributed by atoms with van der Waals surface area (Å²) >= 11 is 0. The minimum atomic E-state index is -0.725. The minimum absolute atomic E-state index is 0.186. The van der Waals surface area contributed by atoms with E-state index in [0.717, 1.165) is 42.1 Å². The summed E-state index contributed by atoms with van der Waals surface area (Å²) in [4.78, 5) is 15.9. The molecule has 0 unspecified atom stereocenters. The molecule has 0 spiro atoms.